The summed E-state index contributed by atoms with van der Waals surface area (Å²) in [7, 11) is 0. The van der Waals surface area contributed by atoms with Crippen LogP contribution < -0.4 is 14.8 Å². The third-order valence-electron chi connectivity index (χ3n) is 4.34. The molecule has 1 aromatic heterocycles. The maximum atomic E-state index is 12.6. The molecule has 1 aliphatic rings. The summed E-state index contributed by atoms with van der Waals surface area (Å²) in [5.41, 5.74) is 2.27. The first-order chi connectivity index (χ1) is 13.1. The van der Waals surface area contributed by atoms with Crippen molar-refractivity contribution < 1.29 is 18.8 Å². The molecule has 0 aliphatic carbocycles. The molecule has 1 atom stereocenters. The molecule has 4 rings (SSSR count). The van der Waals surface area contributed by atoms with Crippen molar-refractivity contribution in [3.63, 3.8) is 0 Å². The average Bonchev–Trinajstić information content (AvgIpc) is 3.14. The molecule has 138 valence electrons. The molecule has 2 aromatic carbocycles. The van der Waals surface area contributed by atoms with E-state index in [1.54, 1.807) is 31.2 Å². The second-order valence-corrected chi connectivity index (χ2v) is 6.32. The van der Waals surface area contributed by atoms with Gasteiger partial charge in [0.15, 0.2) is 17.3 Å². The molecule has 1 aliphatic heterocycles. The largest absolute Gasteiger partial charge is 0.486 e. The maximum absolute atomic E-state index is 12.6. The molecule has 0 saturated heterocycles. The summed E-state index contributed by atoms with van der Waals surface area (Å²) in [6.45, 7) is 4.77. The summed E-state index contributed by atoms with van der Waals surface area (Å²) >= 11 is 0. The van der Waals surface area contributed by atoms with Gasteiger partial charge in [-0.05, 0) is 55.8 Å². The van der Waals surface area contributed by atoms with E-state index >= 15 is 0 Å². The Kier molecular flexibility index (Phi) is 4.50. The highest BCUT2D eigenvalue weighted by molar-refractivity contribution is 5.94. The Bertz CT molecular complexity index is 966. The van der Waals surface area contributed by atoms with Crippen molar-refractivity contribution in [3.8, 4) is 23.0 Å². The number of nitrogens with zero attached hydrogens (tertiary/aromatic N) is 2. The van der Waals surface area contributed by atoms with Gasteiger partial charge in [0.2, 0.25) is 0 Å². The number of carbonyl (C=O) groups is 1. The van der Waals surface area contributed by atoms with Gasteiger partial charge < -0.3 is 19.3 Å². The lowest BCUT2D eigenvalue weighted by Crippen LogP contribution is -2.26. The summed E-state index contributed by atoms with van der Waals surface area (Å²) in [5.74, 6) is 2.28. The van der Waals surface area contributed by atoms with Crippen molar-refractivity contribution in [1.82, 2.24) is 15.5 Å². The Labute approximate surface area is 156 Å². The standard InChI is InChI=1S/C20H19N3O4/c1-12(16-7-8-17-18(11-16)26-10-9-25-17)21-19(24)14-3-5-15(6-4-14)20-22-13(2)23-27-20/h3-8,11-12H,9-10H2,1-2H3,(H,21,24). The minimum atomic E-state index is -0.174. The predicted molar refractivity (Wildman–Crippen MR) is 97.8 cm³/mol. The third-order valence-corrected chi connectivity index (χ3v) is 4.34. The van der Waals surface area contributed by atoms with Crippen molar-refractivity contribution in [1.29, 1.82) is 0 Å². The highest BCUT2D eigenvalue weighted by atomic mass is 16.6. The van der Waals surface area contributed by atoms with Gasteiger partial charge in [0.1, 0.15) is 13.2 Å². The first-order valence-electron chi connectivity index (χ1n) is 8.71. The summed E-state index contributed by atoms with van der Waals surface area (Å²) in [4.78, 5) is 16.7. The van der Waals surface area contributed by atoms with E-state index in [0.717, 1.165) is 16.9 Å². The Balaban J connectivity index is 1.45. The van der Waals surface area contributed by atoms with Gasteiger partial charge in [-0.3, -0.25) is 4.79 Å². The van der Waals surface area contributed by atoms with Gasteiger partial charge >= 0.3 is 0 Å². The molecule has 7 heteroatoms. The van der Waals surface area contributed by atoms with Crippen LogP contribution >= 0.6 is 0 Å². The van der Waals surface area contributed by atoms with E-state index in [9.17, 15) is 4.79 Å². The fourth-order valence-electron chi connectivity index (χ4n) is 2.87. The lowest BCUT2D eigenvalue weighted by atomic mass is 10.1. The van der Waals surface area contributed by atoms with Gasteiger partial charge in [-0.2, -0.15) is 4.98 Å². The molecule has 1 unspecified atom stereocenters. The molecule has 0 saturated carbocycles. The summed E-state index contributed by atoms with van der Waals surface area (Å²) in [6.07, 6.45) is 0. The quantitative estimate of drug-likeness (QED) is 0.763. The van der Waals surface area contributed by atoms with E-state index < -0.39 is 0 Å². The maximum Gasteiger partial charge on any atom is 0.257 e. The van der Waals surface area contributed by atoms with Crippen LogP contribution in [0.15, 0.2) is 47.0 Å². The number of hydrogen-bond acceptors (Lipinski definition) is 6. The number of ether oxygens (including phenoxy) is 2. The van der Waals surface area contributed by atoms with Crippen LogP contribution in [0, 0.1) is 6.92 Å². The highest BCUT2D eigenvalue weighted by Crippen LogP contribution is 2.32. The molecule has 0 bridgehead atoms. The van der Waals surface area contributed by atoms with Gasteiger partial charge in [0.05, 0.1) is 6.04 Å². The molecule has 1 N–H and O–H groups in total. The first kappa shape index (κ1) is 17.1. The SMILES string of the molecule is Cc1noc(-c2ccc(C(=O)NC(C)c3ccc4c(c3)OCCO4)cc2)n1. The van der Waals surface area contributed by atoms with Crippen LogP contribution in [0.25, 0.3) is 11.5 Å². The molecule has 0 spiro atoms. The van der Waals surface area contributed by atoms with Crippen LogP contribution in [0.1, 0.15) is 34.7 Å². The normalized spacial score (nSPS) is 13.9. The van der Waals surface area contributed by atoms with Crippen LogP contribution in [-0.2, 0) is 0 Å². The first-order valence-corrected chi connectivity index (χ1v) is 8.71. The van der Waals surface area contributed by atoms with E-state index in [1.807, 2.05) is 25.1 Å². The van der Waals surface area contributed by atoms with E-state index in [-0.39, 0.29) is 11.9 Å². The van der Waals surface area contributed by atoms with Crippen molar-refractivity contribution in [3.05, 3.63) is 59.4 Å². The van der Waals surface area contributed by atoms with Crippen molar-refractivity contribution in [2.45, 2.75) is 19.9 Å². The van der Waals surface area contributed by atoms with Gasteiger partial charge in [-0.25, -0.2) is 0 Å². The minimum Gasteiger partial charge on any atom is -0.486 e. The van der Waals surface area contributed by atoms with Crippen molar-refractivity contribution in [2.24, 2.45) is 0 Å². The number of benzene rings is 2. The molecule has 27 heavy (non-hydrogen) atoms. The Hall–Kier alpha value is -3.35. The van der Waals surface area contributed by atoms with Gasteiger partial charge in [-0.15, -0.1) is 0 Å². The molecule has 2 heterocycles. The number of nitrogens with one attached hydrogen (secondary N) is 1. The zero-order chi connectivity index (χ0) is 18.8. The molecule has 7 nitrogen and oxygen atoms in total. The lowest BCUT2D eigenvalue weighted by molar-refractivity contribution is 0.0939. The number of hydrogen-bond donors (Lipinski definition) is 1. The number of aromatic nitrogens is 2. The monoisotopic (exact) mass is 365 g/mol. The summed E-state index contributed by atoms with van der Waals surface area (Å²) in [6, 6.07) is 12.6. The zero-order valence-corrected chi connectivity index (χ0v) is 15.1. The number of rotatable bonds is 4. The molecule has 3 aromatic rings. The smallest absolute Gasteiger partial charge is 0.257 e. The Morgan fingerprint density at radius 3 is 2.52 bits per heavy atom. The van der Waals surface area contributed by atoms with Gasteiger partial charge in [-0.1, -0.05) is 11.2 Å². The summed E-state index contributed by atoms with van der Waals surface area (Å²) < 4.78 is 16.3. The van der Waals surface area contributed by atoms with Crippen molar-refractivity contribution in [2.75, 3.05) is 13.2 Å². The van der Waals surface area contributed by atoms with Gasteiger partial charge in [0.25, 0.3) is 11.8 Å². The number of fused-ring (bicyclic) bond motifs is 1. The van der Waals surface area contributed by atoms with Crippen LogP contribution in [0.2, 0.25) is 0 Å². The van der Waals surface area contributed by atoms with E-state index in [1.165, 1.54) is 0 Å². The average molecular weight is 365 g/mol. The van der Waals surface area contributed by atoms with Crippen LogP contribution in [0.4, 0.5) is 0 Å². The minimum absolute atomic E-state index is 0.161. The molecule has 0 fully saturated rings. The van der Waals surface area contributed by atoms with Gasteiger partial charge in [0, 0.05) is 11.1 Å². The predicted octanol–water partition coefficient (Wildman–Crippen LogP) is 3.31. The highest BCUT2D eigenvalue weighted by Gasteiger charge is 2.17. The Morgan fingerprint density at radius 1 is 1.07 bits per heavy atom. The fourth-order valence-corrected chi connectivity index (χ4v) is 2.87. The topological polar surface area (TPSA) is 86.5 Å². The van der Waals surface area contributed by atoms with Crippen LogP contribution in [-0.4, -0.2) is 29.3 Å². The van der Waals surface area contributed by atoms with E-state index in [2.05, 4.69) is 15.5 Å². The van der Waals surface area contributed by atoms with Crippen LogP contribution in [0.3, 0.4) is 0 Å². The zero-order valence-electron chi connectivity index (χ0n) is 15.1. The second-order valence-electron chi connectivity index (χ2n) is 6.32. The molecular weight excluding hydrogens is 346 g/mol. The summed E-state index contributed by atoms with van der Waals surface area (Å²) in [5, 5.41) is 6.77. The number of aryl methyl sites for hydroxylation is 1. The second kappa shape index (κ2) is 7.11. The number of amides is 1. The lowest BCUT2D eigenvalue weighted by Gasteiger charge is -2.21. The molecule has 0 radical (unpaired) electrons. The number of carbonyl (C=O) groups excluding carboxylic acids is 1. The van der Waals surface area contributed by atoms with E-state index in [0.29, 0.717) is 36.2 Å². The Morgan fingerprint density at radius 2 is 1.81 bits per heavy atom. The van der Waals surface area contributed by atoms with E-state index in [4.69, 9.17) is 14.0 Å². The fraction of sp³-hybridized carbons (Fsp3) is 0.250. The van der Waals surface area contributed by atoms with Crippen molar-refractivity contribution >= 4 is 5.91 Å². The van der Waals surface area contributed by atoms with Crippen LogP contribution in [0.5, 0.6) is 11.5 Å². The third kappa shape index (κ3) is 3.62. The molecular formula is C20H19N3O4. The molecule has 1 amide bonds.